The molecule has 0 spiro atoms. The highest BCUT2D eigenvalue weighted by molar-refractivity contribution is 7.93. The maximum absolute atomic E-state index is 13.3. The number of anilines is 1. The number of sulfonamides is 1. The van der Waals surface area contributed by atoms with Crippen LogP contribution < -0.4 is 4.31 Å². The van der Waals surface area contributed by atoms with Crippen molar-refractivity contribution in [3.05, 3.63) is 54.1 Å². The Morgan fingerprint density at radius 1 is 0.920 bits per heavy atom. The van der Waals surface area contributed by atoms with Crippen molar-refractivity contribution in [3.63, 3.8) is 0 Å². The van der Waals surface area contributed by atoms with Gasteiger partial charge in [0, 0.05) is 14.0 Å². The first-order valence-corrected chi connectivity index (χ1v) is 10.1. The maximum atomic E-state index is 13.3. The van der Waals surface area contributed by atoms with Crippen molar-refractivity contribution >= 4 is 25.5 Å². The fourth-order valence-electron chi connectivity index (χ4n) is 2.25. The summed E-state index contributed by atoms with van der Waals surface area (Å²) in [6, 6.07) is 11.4. The van der Waals surface area contributed by atoms with Crippen molar-refractivity contribution in [2.45, 2.75) is 28.9 Å². The van der Waals surface area contributed by atoms with Gasteiger partial charge in [-0.1, -0.05) is 18.2 Å². The monoisotopic (exact) mass is 389 g/mol. The number of aryl methyl sites for hydroxylation is 1. The van der Waals surface area contributed by atoms with E-state index in [0.29, 0.717) is 11.2 Å². The number of sulfone groups is 1. The molecule has 0 fully saturated rings. The van der Waals surface area contributed by atoms with Gasteiger partial charge in [-0.05, 0) is 42.8 Å². The van der Waals surface area contributed by atoms with Gasteiger partial charge in [-0.25, -0.2) is 16.8 Å². The SMILES string of the molecule is Cc1cc(S(=O)(=O)c2ccccc2)ccc1N(C)S(=O)(=O)C(C)(F)F. The molecule has 9 heteroatoms. The van der Waals surface area contributed by atoms with Gasteiger partial charge in [-0.15, -0.1) is 0 Å². The van der Waals surface area contributed by atoms with Crippen molar-refractivity contribution in [2.75, 3.05) is 11.4 Å². The van der Waals surface area contributed by atoms with Crippen LogP contribution in [-0.4, -0.2) is 29.1 Å². The Hall–Kier alpha value is -2.00. The highest BCUT2D eigenvalue weighted by atomic mass is 32.2. The quantitative estimate of drug-likeness (QED) is 0.787. The minimum atomic E-state index is -4.90. The minimum absolute atomic E-state index is 0.0199. The van der Waals surface area contributed by atoms with E-state index in [1.54, 1.807) is 18.2 Å². The molecular formula is C16H17F2NO4S2. The zero-order valence-corrected chi connectivity index (χ0v) is 15.4. The van der Waals surface area contributed by atoms with E-state index in [0.717, 1.165) is 7.05 Å². The molecule has 0 atom stereocenters. The zero-order chi connectivity index (χ0) is 19.0. The summed E-state index contributed by atoms with van der Waals surface area (Å²) in [5.74, 6) is 0. The number of rotatable bonds is 5. The summed E-state index contributed by atoms with van der Waals surface area (Å²) in [4.78, 5) is 0.0391. The van der Waals surface area contributed by atoms with E-state index in [9.17, 15) is 25.6 Å². The fourth-order valence-corrected chi connectivity index (χ4v) is 4.57. The second kappa shape index (κ2) is 6.38. The number of nitrogens with zero attached hydrogens (tertiary/aromatic N) is 1. The molecule has 2 rings (SSSR count). The van der Waals surface area contributed by atoms with E-state index in [1.165, 1.54) is 37.3 Å². The van der Waals surface area contributed by atoms with Crippen LogP contribution in [0, 0.1) is 6.92 Å². The van der Waals surface area contributed by atoms with Crippen LogP contribution in [0.3, 0.4) is 0 Å². The molecule has 0 saturated heterocycles. The van der Waals surface area contributed by atoms with Gasteiger partial charge in [-0.3, -0.25) is 4.31 Å². The van der Waals surface area contributed by atoms with E-state index >= 15 is 0 Å². The van der Waals surface area contributed by atoms with Gasteiger partial charge in [-0.2, -0.15) is 8.78 Å². The first-order valence-electron chi connectivity index (χ1n) is 7.16. The van der Waals surface area contributed by atoms with Crippen LogP contribution in [0.25, 0.3) is 0 Å². The molecular weight excluding hydrogens is 372 g/mol. The Morgan fingerprint density at radius 2 is 1.48 bits per heavy atom. The summed E-state index contributed by atoms with van der Waals surface area (Å²) >= 11 is 0. The van der Waals surface area contributed by atoms with Crippen LogP contribution in [0.4, 0.5) is 14.5 Å². The summed E-state index contributed by atoms with van der Waals surface area (Å²) in [6.07, 6.45) is 0. The van der Waals surface area contributed by atoms with Gasteiger partial charge >= 0.3 is 15.3 Å². The molecule has 2 aromatic carbocycles. The Kier molecular flexibility index (Phi) is 4.93. The molecule has 0 bridgehead atoms. The third kappa shape index (κ3) is 3.52. The number of hydrogen-bond acceptors (Lipinski definition) is 4. The first kappa shape index (κ1) is 19.3. The zero-order valence-electron chi connectivity index (χ0n) is 13.8. The molecule has 0 heterocycles. The van der Waals surface area contributed by atoms with E-state index in [4.69, 9.17) is 0 Å². The first-order chi connectivity index (χ1) is 11.4. The summed E-state index contributed by atoms with van der Waals surface area (Å²) in [7, 11) is -7.69. The molecule has 25 heavy (non-hydrogen) atoms. The Labute approximate surface area is 145 Å². The van der Waals surface area contributed by atoms with Crippen molar-refractivity contribution in [1.29, 1.82) is 0 Å². The van der Waals surface area contributed by atoms with Crippen LogP contribution >= 0.6 is 0 Å². The minimum Gasteiger partial charge on any atom is -0.268 e. The van der Waals surface area contributed by atoms with Gasteiger partial charge < -0.3 is 0 Å². The van der Waals surface area contributed by atoms with Crippen LogP contribution in [0.2, 0.25) is 0 Å². The van der Waals surface area contributed by atoms with Crippen molar-refractivity contribution in [1.82, 2.24) is 0 Å². The second-order valence-corrected chi connectivity index (χ2v) is 9.71. The lowest BCUT2D eigenvalue weighted by molar-refractivity contribution is 0.114. The third-order valence-electron chi connectivity index (χ3n) is 3.68. The Morgan fingerprint density at radius 3 is 1.96 bits per heavy atom. The third-order valence-corrected chi connectivity index (χ3v) is 7.28. The maximum Gasteiger partial charge on any atom is 0.361 e. The molecule has 0 aliphatic rings. The van der Waals surface area contributed by atoms with E-state index in [2.05, 4.69) is 0 Å². The second-order valence-electron chi connectivity index (χ2n) is 5.55. The molecule has 0 aliphatic carbocycles. The van der Waals surface area contributed by atoms with Gasteiger partial charge in [0.15, 0.2) is 0 Å². The van der Waals surface area contributed by atoms with Crippen molar-refractivity contribution in [3.8, 4) is 0 Å². The molecule has 0 aliphatic heterocycles. The van der Waals surface area contributed by atoms with Gasteiger partial charge in [0.2, 0.25) is 9.84 Å². The van der Waals surface area contributed by atoms with E-state index in [-0.39, 0.29) is 21.0 Å². The lowest BCUT2D eigenvalue weighted by Crippen LogP contribution is -2.39. The number of halogens is 2. The van der Waals surface area contributed by atoms with Gasteiger partial charge in [0.1, 0.15) is 0 Å². The van der Waals surface area contributed by atoms with Gasteiger partial charge in [0.25, 0.3) is 0 Å². The molecule has 0 unspecified atom stereocenters. The summed E-state index contributed by atoms with van der Waals surface area (Å²) < 4.78 is 76.0. The molecule has 0 saturated carbocycles. The fraction of sp³-hybridized carbons (Fsp3) is 0.250. The lowest BCUT2D eigenvalue weighted by atomic mass is 10.2. The van der Waals surface area contributed by atoms with Crippen LogP contribution in [0.15, 0.2) is 58.3 Å². The van der Waals surface area contributed by atoms with Gasteiger partial charge in [0.05, 0.1) is 15.5 Å². The summed E-state index contributed by atoms with van der Waals surface area (Å²) in [5.41, 5.74) is 0.223. The number of benzene rings is 2. The van der Waals surface area contributed by atoms with Crippen molar-refractivity contribution < 1.29 is 25.6 Å². The molecule has 0 N–H and O–H groups in total. The van der Waals surface area contributed by atoms with E-state index in [1.807, 2.05) is 0 Å². The topological polar surface area (TPSA) is 71.5 Å². The molecule has 5 nitrogen and oxygen atoms in total. The van der Waals surface area contributed by atoms with Crippen LogP contribution in [0.1, 0.15) is 12.5 Å². The molecule has 0 aromatic heterocycles. The smallest absolute Gasteiger partial charge is 0.268 e. The number of hydrogen-bond donors (Lipinski definition) is 0. The Balaban J connectivity index is 2.50. The molecule has 0 radical (unpaired) electrons. The van der Waals surface area contributed by atoms with Crippen molar-refractivity contribution in [2.24, 2.45) is 0 Å². The Bertz CT molecular complexity index is 983. The standard InChI is InChI=1S/C16H17F2NO4S2/c1-12-11-14(24(20,21)13-7-5-4-6-8-13)9-10-15(12)19(3)25(22,23)16(2,17)18/h4-11H,1-3H3. The summed E-state index contributed by atoms with van der Waals surface area (Å²) in [5, 5.41) is -3.96. The van der Waals surface area contributed by atoms with Crippen LogP contribution in [0.5, 0.6) is 0 Å². The largest absolute Gasteiger partial charge is 0.361 e. The number of alkyl halides is 2. The summed E-state index contributed by atoms with van der Waals surface area (Å²) in [6.45, 7) is 1.75. The van der Waals surface area contributed by atoms with Crippen LogP contribution in [-0.2, 0) is 19.9 Å². The average Bonchev–Trinajstić information content (AvgIpc) is 2.53. The highest BCUT2D eigenvalue weighted by Crippen LogP contribution is 2.32. The molecule has 2 aromatic rings. The normalized spacial score (nSPS) is 12.8. The lowest BCUT2D eigenvalue weighted by Gasteiger charge is -2.24. The predicted octanol–water partition coefficient (Wildman–Crippen LogP) is 3.21. The molecule has 0 amide bonds. The predicted molar refractivity (Wildman–Crippen MR) is 91.0 cm³/mol. The molecule has 136 valence electrons. The van der Waals surface area contributed by atoms with E-state index < -0.39 is 25.1 Å². The highest BCUT2D eigenvalue weighted by Gasteiger charge is 2.43. The average molecular weight is 389 g/mol.